The number of phenolic OH excluding ortho intramolecular Hbond substituents is 1. The van der Waals surface area contributed by atoms with Crippen LogP contribution in [0.2, 0.25) is 0 Å². The molecule has 0 radical (unpaired) electrons. The summed E-state index contributed by atoms with van der Waals surface area (Å²) >= 11 is 0. The standard InChI is InChI=1S/C39H39F2N9O5/c1-21-10-35(55-27-13-26-17-43-37-33(49(26)20-27)15-31(45-46-37)29-11-24(40)12-30(41)36(29)52)42-16-23(21)18-47-6-8-48(9-7-47)25-3-2-22-19-50(39(54)28(22)14-25)32-4-5-34(51)44-38(32)53/h2-3,10-12,14-16,26-27,32,52H,4-9,13,17-20H2,1H3,(H,43,46)(H,44,51,53)/t26-,27-,32?/m1/s1. The third-order valence-electron chi connectivity index (χ3n) is 11.4. The Labute approximate surface area is 315 Å². The highest BCUT2D eigenvalue weighted by Crippen LogP contribution is 2.40. The van der Waals surface area contributed by atoms with Crippen LogP contribution in [0.1, 0.15) is 46.3 Å². The topological polar surface area (TPSA) is 156 Å². The fourth-order valence-electron chi connectivity index (χ4n) is 8.39. The van der Waals surface area contributed by atoms with Crippen molar-refractivity contribution in [2.24, 2.45) is 0 Å². The Morgan fingerprint density at radius 3 is 2.62 bits per heavy atom. The van der Waals surface area contributed by atoms with Gasteiger partial charge in [0, 0.05) is 93.8 Å². The van der Waals surface area contributed by atoms with Crippen LogP contribution in [-0.2, 0) is 22.7 Å². The molecule has 5 aliphatic rings. The van der Waals surface area contributed by atoms with Crippen molar-refractivity contribution >= 4 is 34.9 Å². The Kier molecular flexibility index (Phi) is 8.71. The number of halogens is 2. The zero-order valence-electron chi connectivity index (χ0n) is 30.1. The third-order valence-corrected chi connectivity index (χ3v) is 11.4. The summed E-state index contributed by atoms with van der Waals surface area (Å²) in [7, 11) is 0. The first kappa shape index (κ1) is 34.8. The van der Waals surface area contributed by atoms with E-state index in [1.807, 2.05) is 30.5 Å². The van der Waals surface area contributed by atoms with E-state index < -0.39 is 29.3 Å². The van der Waals surface area contributed by atoms with Gasteiger partial charge in [-0.15, -0.1) is 10.2 Å². The normalized spacial score (nSPS) is 22.3. The Balaban J connectivity index is 0.800. The van der Waals surface area contributed by atoms with E-state index in [2.05, 4.69) is 47.4 Å². The molecule has 3 saturated heterocycles. The Bertz CT molecular complexity index is 2230. The molecule has 14 nitrogen and oxygen atoms in total. The number of amides is 3. The number of nitrogens with one attached hydrogen (secondary N) is 2. The number of ether oxygens (including phenoxy) is 1. The van der Waals surface area contributed by atoms with Gasteiger partial charge in [-0.1, -0.05) is 6.07 Å². The molecule has 16 heteroatoms. The molecule has 2 aromatic heterocycles. The fourth-order valence-corrected chi connectivity index (χ4v) is 8.39. The van der Waals surface area contributed by atoms with E-state index >= 15 is 0 Å². The molecule has 1 unspecified atom stereocenters. The van der Waals surface area contributed by atoms with Crippen LogP contribution in [0.25, 0.3) is 11.3 Å². The summed E-state index contributed by atoms with van der Waals surface area (Å²) in [6, 6.07) is 10.7. The summed E-state index contributed by atoms with van der Waals surface area (Å²) in [6.45, 7) is 7.60. The highest BCUT2D eigenvalue weighted by Gasteiger charge is 2.40. The van der Waals surface area contributed by atoms with Crippen LogP contribution in [0, 0.1) is 18.6 Å². The van der Waals surface area contributed by atoms with Gasteiger partial charge in [-0.25, -0.2) is 13.8 Å². The summed E-state index contributed by atoms with van der Waals surface area (Å²) in [5, 5.41) is 24.2. The quantitative estimate of drug-likeness (QED) is 0.237. The molecular weight excluding hydrogens is 712 g/mol. The van der Waals surface area contributed by atoms with E-state index in [1.165, 1.54) is 0 Å². The summed E-state index contributed by atoms with van der Waals surface area (Å²) in [6.07, 6.45) is 3.02. The molecule has 9 rings (SSSR count). The van der Waals surface area contributed by atoms with Crippen molar-refractivity contribution in [3.05, 3.63) is 82.5 Å². The van der Waals surface area contributed by atoms with E-state index in [0.29, 0.717) is 49.4 Å². The maximum atomic E-state index is 14.1. The molecule has 0 bridgehead atoms. The first-order valence-corrected chi connectivity index (χ1v) is 18.5. The van der Waals surface area contributed by atoms with Crippen LogP contribution in [0.3, 0.4) is 0 Å². The van der Waals surface area contributed by atoms with Gasteiger partial charge in [0.1, 0.15) is 18.0 Å². The Morgan fingerprint density at radius 1 is 0.982 bits per heavy atom. The van der Waals surface area contributed by atoms with Crippen LogP contribution in [0.15, 0.2) is 48.7 Å². The second-order valence-electron chi connectivity index (χ2n) is 14.9. The summed E-state index contributed by atoms with van der Waals surface area (Å²) in [5.74, 6) is -2.34. The van der Waals surface area contributed by atoms with Crippen molar-refractivity contribution in [1.82, 2.24) is 30.3 Å². The van der Waals surface area contributed by atoms with E-state index in [1.54, 1.807) is 11.0 Å². The number of aromatic nitrogens is 3. The van der Waals surface area contributed by atoms with Gasteiger partial charge >= 0.3 is 0 Å². The lowest BCUT2D eigenvalue weighted by atomic mass is 10.0. The monoisotopic (exact) mass is 751 g/mol. The molecule has 4 aromatic rings. The minimum absolute atomic E-state index is 0.0677. The largest absolute Gasteiger partial charge is 0.504 e. The molecule has 0 saturated carbocycles. The van der Waals surface area contributed by atoms with Gasteiger partial charge in [-0.2, -0.15) is 0 Å². The van der Waals surface area contributed by atoms with Crippen molar-refractivity contribution in [1.29, 1.82) is 0 Å². The van der Waals surface area contributed by atoms with Crippen LogP contribution >= 0.6 is 0 Å². The average Bonchev–Trinajstić information content (AvgIpc) is 3.74. The van der Waals surface area contributed by atoms with Gasteiger partial charge in [0.25, 0.3) is 5.91 Å². The number of benzene rings is 2. The van der Waals surface area contributed by atoms with Gasteiger partial charge < -0.3 is 29.9 Å². The lowest BCUT2D eigenvalue weighted by Gasteiger charge is -2.36. The maximum Gasteiger partial charge on any atom is 0.255 e. The zero-order chi connectivity index (χ0) is 38.0. The minimum atomic E-state index is -1.06. The lowest BCUT2D eigenvalue weighted by Crippen LogP contribution is -2.52. The van der Waals surface area contributed by atoms with Crippen molar-refractivity contribution in [2.75, 3.05) is 54.4 Å². The van der Waals surface area contributed by atoms with Gasteiger partial charge in [-0.3, -0.25) is 24.6 Å². The molecule has 5 aliphatic heterocycles. The third kappa shape index (κ3) is 6.53. The second-order valence-corrected chi connectivity index (χ2v) is 14.9. The molecule has 7 heterocycles. The summed E-state index contributed by atoms with van der Waals surface area (Å²) < 4.78 is 34.5. The number of pyridine rings is 1. The van der Waals surface area contributed by atoms with Gasteiger partial charge in [0.05, 0.1) is 24.0 Å². The molecule has 3 amide bonds. The molecule has 0 spiro atoms. The summed E-state index contributed by atoms with van der Waals surface area (Å²) in [4.78, 5) is 50.5. The number of rotatable bonds is 7. The molecule has 284 valence electrons. The van der Waals surface area contributed by atoms with E-state index in [9.17, 15) is 28.3 Å². The zero-order valence-corrected chi connectivity index (χ0v) is 30.1. The number of aromatic hydroxyl groups is 1. The number of phenols is 1. The maximum absolute atomic E-state index is 14.1. The van der Waals surface area contributed by atoms with Crippen LogP contribution in [-0.4, -0.2) is 105 Å². The van der Waals surface area contributed by atoms with Crippen molar-refractivity contribution in [3.8, 4) is 22.9 Å². The number of carbonyl (C=O) groups excluding carboxylic acids is 3. The van der Waals surface area contributed by atoms with E-state index in [-0.39, 0.29) is 41.6 Å². The van der Waals surface area contributed by atoms with E-state index in [4.69, 9.17) is 4.74 Å². The minimum Gasteiger partial charge on any atom is -0.504 e. The molecule has 55 heavy (non-hydrogen) atoms. The SMILES string of the molecule is Cc1cc(O[C@@H]2C[C@@H]3CNc4nnc(-c5cc(F)cc(F)c5O)cc4N3C2)ncc1CN1CCN(c2ccc3c(c2)C(=O)N(C2CCC(=O)NC2=O)C3)CC1. The Morgan fingerprint density at radius 2 is 1.82 bits per heavy atom. The van der Waals surface area contributed by atoms with Crippen molar-refractivity contribution in [3.63, 3.8) is 0 Å². The van der Waals surface area contributed by atoms with Crippen molar-refractivity contribution in [2.45, 2.75) is 57.5 Å². The number of carbonyl (C=O) groups is 3. The van der Waals surface area contributed by atoms with Gasteiger partial charge in [-0.05, 0) is 54.3 Å². The van der Waals surface area contributed by atoms with Crippen LogP contribution in [0.4, 0.5) is 26.0 Å². The van der Waals surface area contributed by atoms with Gasteiger partial charge in [0.15, 0.2) is 17.4 Å². The molecule has 2 aromatic carbocycles. The van der Waals surface area contributed by atoms with Crippen LogP contribution < -0.4 is 25.2 Å². The molecule has 3 fully saturated rings. The number of imide groups is 1. The predicted octanol–water partition coefficient (Wildman–Crippen LogP) is 3.37. The lowest BCUT2D eigenvalue weighted by molar-refractivity contribution is -0.136. The molecule has 3 atom stereocenters. The smallest absolute Gasteiger partial charge is 0.255 e. The molecular formula is C39H39F2N9O5. The van der Waals surface area contributed by atoms with E-state index in [0.717, 1.165) is 73.3 Å². The fraction of sp³-hybridized carbons (Fsp3) is 0.385. The number of hydrogen-bond acceptors (Lipinski definition) is 12. The first-order valence-electron chi connectivity index (χ1n) is 18.5. The summed E-state index contributed by atoms with van der Waals surface area (Å²) in [5.41, 5.74) is 5.50. The highest BCUT2D eigenvalue weighted by atomic mass is 19.1. The number of aryl methyl sites for hydroxylation is 1. The molecule has 3 N–H and O–H groups in total. The molecule has 0 aliphatic carbocycles. The first-order chi connectivity index (χ1) is 26.6. The average molecular weight is 752 g/mol. The predicted molar refractivity (Wildman–Crippen MR) is 197 cm³/mol. The number of piperazine rings is 1. The van der Waals surface area contributed by atoms with Crippen LogP contribution in [0.5, 0.6) is 11.6 Å². The van der Waals surface area contributed by atoms with Crippen molar-refractivity contribution < 1.29 is 33.0 Å². The number of hydrogen-bond donors (Lipinski definition) is 3. The highest BCUT2D eigenvalue weighted by molar-refractivity contribution is 6.05. The number of piperidine rings is 1. The number of nitrogens with zero attached hydrogens (tertiary/aromatic N) is 7. The second kappa shape index (κ2) is 13.7. The number of fused-ring (bicyclic) bond motifs is 4. The number of anilines is 3. The Hall–Kier alpha value is -5.90. The van der Waals surface area contributed by atoms with Gasteiger partial charge in [0.2, 0.25) is 17.7 Å².